The highest BCUT2D eigenvalue weighted by atomic mass is 16.3. The van der Waals surface area contributed by atoms with Crippen LogP contribution in [0, 0.1) is 0 Å². The fourth-order valence-electron chi connectivity index (χ4n) is 1.35. The molecule has 0 saturated carbocycles. The molecule has 78 valence electrons. The highest BCUT2D eigenvalue weighted by molar-refractivity contribution is 5.36. The van der Waals surface area contributed by atoms with Gasteiger partial charge >= 0.3 is 0 Å². The van der Waals surface area contributed by atoms with E-state index in [0.717, 1.165) is 11.4 Å². The first-order valence-electron chi connectivity index (χ1n) is 4.61. The molecule has 5 heteroatoms. The molecular formula is C10H11N3O2. The largest absolute Gasteiger partial charge is 0.508 e. The topological polar surface area (TPSA) is 71.2 Å². The summed E-state index contributed by atoms with van der Waals surface area (Å²) >= 11 is 0. The van der Waals surface area contributed by atoms with Gasteiger partial charge in [-0.15, -0.1) is 5.10 Å². The number of aliphatic hydroxyl groups is 1. The van der Waals surface area contributed by atoms with Crippen molar-refractivity contribution in [2.45, 2.75) is 6.42 Å². The van der Waals surface area contributed by atoms with Crippen LogP contribution < -0.4 is 0 Å². The van der Waals surface area contributed by atoms with E-state index in [9.17, 15) is 0 Å². The monoisotopic (exact) mass is 205 g/mol. The average Bonchev–Trinajstić information content (AvgIpc) is 2.68. The molecule has 0 aliphatic heterocycles. The summed E-state index contributed by atoms with van der Waals surface area (Å²) in [7, 11) is 0. The van der Waals surface area contributed by atoms with Crippen LogP contribution in [0.15, 0.2) is 30.5 Å². The van der Waals surface area contributed by atoms with Crippen molar-refractivity contribution in [1.82, 2.24) is 15.0 Å². The minimum absolute atomic E-state index is 0.0610. The maximum atomic E-state index is 9.14. The molecule has 15 heavy (non-hydrogen) atoms. The number of aromatic hydroxyl groups is 1. The molecule has 5 nitrogen and oxygen atoms in total. The van der Waals surface area contributed by atoms with Crippen LogP contribution in [0.2, 0.25) is 0 Å². The smallest absolute Gasteiger partial charge is 0.115 e. The molecule has 0 atom stereocenters. The van der Waals surface area contributed by atoms with Crippen molar-refractivity contribution >= 4 is 0 Å². The molecule has 0 bridgehead atoms. The number of aromatic nitrogens is 3. The van der Waals surface area contributed by atoms with E-state index < -0.39 is 0 Å². The van der Waals surface area contributed by atoms with Gasteiger partial charge in [-0.2, -0.15) is 0 Å². The number of aliphatic hydroxyl groups excluding tert-OH is 1. The summed E-state index contributed by atoms with van der Waals surface area (Å²) < 4.78 is 1.63. The zero-order chi connectivity index (χ0) is 10.7. The van der Waals surface area contributed by atoms with Gasteiger partial charge in [-0.05, 0) is 24.3 Å². The van der Waals surface area contributed by atoms with Gasteiger partial charge in [0, 0.05) is 13.0 Å². The summed E-state index contributed by atoms with van der Waals surface area (Å²) in [5.41, 5.74) is 1.65. The van der Waals surface area contributed by atoms with Gasteiger partial charge in [0.1, 0.15) is 5.75 Å². The van der Waals surface area contributed by atoms with Crippen molar-refractivity contribution in [3.63, 3.8) is 0 Å². The molecule has 0 amide bonds. The molecule has 2 N–H and O–H groups in total. The summed E-state index contributed by atoms with van der Waals surface area (Å²) in [5.74, 6) is 0.211. The predicted molar refractivity (Wildman–Crippen MR) is 53.8 cm³/mol. The van der Waals surface area contributed by atoms with Crippen molar-refractivity contribution < 1.29 is 10.2 Å². The van der Waals surface area contributed by atoms with E-state index in [1.54, 1.807) is 35.1 Å². The van der Waals surface area contributed by atoms with E-state index in [4.69, 9.17) is 10.2 Å². The van der Waals surface area contributed by atoms with Crippen LogP contribution in [0.1, 0.15) is 5.69 Å². The SMILES string of the molecule is OCCc1cnnn1-c1ccc(O)cc1. The van der Waals surface area contributed by atoms with Gasteiger partial charge in [0.05, 0.1) is 17.6 Å². The van der Waals surface area contributed by atoms with E-state index in [2.05, 4.69) is 10.3 Å². The molecule has 2 aromatic rings. The zero-order valence-electron chi connectivity index (χ0n) is 8.04. The summed E-state index contributed by atoms with van der Waals surface area (Å²) in [6.45, 7) is 0.0610. The van der Waals surface area contributed by atoms with E-state index >= 15 is 0 Å². The Kier molecular flexibility index (Phi) is 2.64. The molecule has 1 heterocycles. The first-order chi connectivity index (χ1) is 7.31. The van der Waals surface area contributed by atoms with Crippen LogP contribution in [0.5, 0.6) is 5.75 Å². The van der Waals surface area contributed by atoms with Gasteiger partial charge in [0.15, 0.2) is 0 Å². The molecule has 1 aromatic heterocycles. The van der Waals surface area contributed by atoms with Gasteiger partial charge in [-0.25, -0.2) is 4.68 Å². The van der Waals surface area contributed by atoms with Crippen molar-refractivity contribution in [2.75, 3.05) is 6.61 Å². The summed E-state index contributed by atoms with van der Waals surface area (Å²) in [5, 5.41) is 25.7. The first-order valence-corrected chi connectivity index (χ1v) is 4.61. The average molecular weight is 205 g/mol. The Morgan fingerprint density at radius 3 is 2.60 bits per heavy atom. The Labute approximate surface area is 86.6 Å². The normalized spacial score (nSPS) is 10.5. The number of rotatable bonds is 3. The van der Waals surface area contributed by atoms with Gasteiger partial charge in [-0.3, -0.25) is 0 Å². The molecule has 0 spiro atoms. The first kappa shape index (κ1) is 9.67. The third-order valence-corrected chi connectivity index (χ3v) is 2.08. The summed E-state index contributed by atoms with van der Waals surface area (Å²) in [6.07, 6.45) is 2.12. The number of benzene rings is 1. The quantitative estimate of drug-likeness (QED) is 0.765. The van der Waals surface area contributed by atoms with Crippen LogP contribution in [0.3, 0.4) is 0 Å². The molecule has 0 fully saturated rings. The fraction of sp³-hybridized carbons (Fsp3) is 0.200. The van der Waals surface area contributed by atoms with Crippen molar-refractivity contribution in [3.05, 3.63) is 36.2 Å². The van der Waals surface area contributed by atoms with Gasteiger partial charge in [0.2, 0.25) is 0 Å². The number of hydrogen-bond donors (Lipinski definition) is 2. The van der Waals surface area contributed by atoms with Crippen LogP contribution in [0.25, 0.3) is 5.69 Å². The maximum Gasteiger partial charge on any atom is 0.115 e. The Morgan fingerprint density at radius 1 is 1.20 bits per heavy atom. The Hall–Kier alpha value is -1.88. The molecule has 0 unspecified atom stereocenters. The van der Waals surface area contributed by atoms with Crippen molar-refractivity contribution in [2.24, 2.45) is 0 Å². The van der Waals surface area contributed by atoms with Gasteiger partial charge in [0.25, 0.3) is 0 Å². The minimum atomic E-state index is 0.0610. The van der Waals surface area contributed by atoms with E-state index in [-0.39, 0.29) is 12.4 Å². The van der Waals surface area contributed by atoms with Crippen molar-refractivity contribution in [1.29, 1.82) is 0 Å². The predicted octanol–water partition coefficient (Wildman–Crippen LogP) is 0.508. The molecule has 1 aromatic carbocycles. The number of phenols is 1. The maximum absolute atomic E-state index is 9.14. The minimum Gasteiger partial charge on any atom is -0.508 e. The summed E-state index contributed by atoms with van der Waals surface area (Å²) in [6, 6.07) is 6.65. The highest BCUT2D eigenvalue weighted by Crippen LogP contribution is 2.14. The van der Waals surface area contributed by atoms with E-state index in [0.29, 0.717) is 6.42 Å². The molecule has 0 radical (unpaired) electrons. The number of phenolic OH excluding ortho intramolecular Hbond substituents is 1. The molecule has 0 saturated heterocycles. The van der Waals surface area contributed by atoms with Gasteiger partial charge < -0.3 is 10.2 Å². The Morgan fingerprint density at radius 2 is 1.93 bits per heavy atom. The lowest BCUT2D eigenvalue weighted by Crippen LogP contribution is -2.03. The highest BCUT2D eigenvalue weighted by Gasteiger charge is 2.04. The molecule has 0 aliphatic rings. The second-order valence-electron chi connectivity index (χ2n) is 3.13. The fourth-order valence-corrected chi connectivity index (χ4v) is 1.35. The van der Waals surface area contributed by atoms with Crippen molar-refractivity contribution in [3.8, 4) is 11.4 Å². The molecular weight excluding hydrogens is 194 g/mol. The lowest BCUT2D eigenvalue weighted by atomic mass is 10.3. The second-order valence-corrected chi connectivity index (χ2v) is 3.13. The molecule has 2 rings (SSSR count). The third-order valence-electron chi connectivity index (χ3n) is 2.08. The lowest BCUT2D eigenvalue weighted by molar-refractivity contribution is 0.297. The molecule has 0 aliphatic carbocycles. The second kappa shape index (κ2) is 4.10. The third kappa shape index (κ3) is 1.97. The Balaban J connectivity index is 2.36. The van der Waals surface area contributed by atoms with E-state index in [1.807, 2.05) is 0 Å². The Bertz CT molecular complexity index is 436. The lowest BCUT2D eigenvalue weighted by Gasteiger charge is -2.04. The van der Waals surface area contributed by atoms with Crippen LogP contribution in [-0.4, -0.2) is 31.8 Å². The standard InChI is InChI=1S/C10H11N3O2/c14-6-5-9-7-11-12-13(9)8-1-3-10(15)4-2-8/h1-4,7,14-15H,5-6H2. The number of hydrogen-bond acceptors (Lipinski definition) is 4. The zero-order valence-corrected chi connectivity index (χ0v) is 8.04. The van der Waals surface area contributed by atoms with E-state index in [1.165, 1.54) is 0 Å². The van der Waals surface area contributed by atoms with Crippen LogP contribution in [-0.2, 0) is 6.42 Å². The summed E-state index contributed by atoms with van der Waals surface area (Å²) in [4.78, 5) is 0. The van der Waals surface area contributed by atoms with Crippen LogP contribution >= 0.6 is 0 Å². The van der Waals surface area contributed by atoms with Gasteiger partial charge in [-0.1, -0.05) is 5.21 Å². The van der Waals surface area contributed by atoms with Crippen LogP contribution in [0.4, 0.5) is 0 Å². The number of nitrogens with zero attached hydrogens (tertiary/aromatic N) is 3.